The van der Waals surface area contributed by atoms with Crippen LogP contribution in [0.25, 0.3) is 0 Å². The standard InChI is InChI=1S/C14H18N2O3/c1-15(14(18)19)12-8-4-3-7-11(12)13(17)16-9-5-2-6-10-16/h3-4,7-8H,2,5-6,9-10H2,1H3,(H,18,19)/p-1. The van der Waals surface area contributed by atoms with E-state index in [4.69, 9.17) is 0 Å². The van der Waals surface area contributed by atoms with Crippen LogP contribution in [-0.4, -0.2) is 37.0 Å². The van der Waals surface area contributed by atoms with Crippen LogP contribution < -0.4 is 10.0 Å². The number of carboxylic acid groups (broad SMARTS) is 1. The van der Waals surface area contributed by atoms with E-state index in [9.17, 15) is 14.7 Å². The summed E-state index contributed by atoms with van der Waals surface area (Å²) in [5, 5.41) is 10.9. The zero-order valence-corrected chi connectivity index (χ0v) is 11.0. The number of carbonyl (C=O) groups excluding carboxylic acids is 2. The van der Waals surface area contributed by atoms with Crippen molar-refractivity contribution >= 4 is 17.7 Å². The maximum absolute atomic E-state index is 12.4. The lowest BCUT2D eigenvalue weighted by molar-refractivity contribution is -0.246. The minimum absolute atomic E-state index is 0.108. The molecule has 1 heterocycles. The molecule has 0 aromatic heterocycles. The number of nitrogens with zero attached hydrogens (tertiary/aromatic N) is 2. The maximum Gasteiger partial charge on any atom is 0.255 e. The van der Waals surface area contributed by atoms with Crippen LogP contribution in [0.5, 0.6) is 0 Å². The van der Waals surface area contributed by atoms with Gasteiger partial charge in [0.15, 0.2) is 0 Å². The first kappa shape index (κ1) is 13.4. The van der Waals surface area contributed by atoms with Gasteiger partial charge >= 0.3 is 0 Å². The first-order chi connectivity index (χ1) is 9.11. The molecule has 0 unspecified atom stereocenters. The topological polar surface area (TPSA) is 63.7 Å². The molecule has 0 bridgehead atoms. The van der Waals surface area contributed by atoms with Crippen LogP contribution >= 0.6 is 0 Å². The highest BCUT2D eigenvalue weighted by Gasteiger charge is 2.21. The minimum Gasteiger partial charge on any atom is -0.530 e. The highest BCUT2D eigenvalue weighted by molar-refractivity contribution is 6.02. The summed E-state index contributed by atoms with van der Waals surface area (Å²) in [5.41, 5.74) is 0.786. The van der Waals surface area contributed by atoms with Gasteiger partial charge in [0.25, 0.3) is 5.91 Å². The molecule has 5 heteroatoms. The zero-order chi connectivity index (χ0) is 13.8. The molecular formula is C14H17N2O3-. The number of benzene rings is 1. The highest BCUT2D eigenvalue weighted by Crippen LogP contribution is 2.22. The molecule has 5 nitrogen and oxygen atoms in total. The van der Waals surface area contributed by atoms with Gasteiger partial charge in [-0.2, -0.15) is 0 Å². The van der Waals surface area contributed by atoms with E-state index in [0.29, 0.717) is 11.3 Å². The van der Waals surface area contributed by atoms with Crippen molar-refractivity contribution in [1.82, 2.24) is 4.90 Å². The predicted octanol–water partition coefficient (Wildman–Crippen LogP) is 1.09. The van der Waals surface area contributed by atoms with Crippen molar-refractivity contribution in [2.24, 2.45) is 0 Å². The Hall–Kier alpha value is -2.04. The van der Waals surface area contributed by atoms with Crippen LogP contribution in [-0.2, 0) is 0 Å². The van der Waals surface area contributed by atoms with E-state index in [0.717, 1.165) is 37.3 Å². The van der Waals surface area contributed by atoms with Gasteiger partial charge in [0.1, 0.15) is 6.09 Å². The summed E-state index contributed by atoms with van der Waals surface area (Å²) in [6.07, 6.45) is 1.83. The summed E-state index contributed by atoms with van der Waals surface area (Å²) in [7, 11) is 1.39. The molecule has 2 rings (SSSR count). The monoisotopic (exact) mass is 261 g/mol. The van der Waals surface area contributed by atoms with Crippen molar-refractivity contribution < 1.29 is 14.7 Å². The Labute approximate surface area is 112 Å². The molecule has 0 spiro atoms. The minimum atomic E-state index is -1.32. The molecule has 0 N–H and O–H groups in total. The maximum atomic E-state index is 12.4. The van der Waals surface area contributed by atoms with Gasteiger partial charge in [0.2, 0.25) is 0 Å². The van der Waals surface area contributed by atoms with Gasteiger partial charge in [-0.25, -0.2) is 0 Å². The van der Waals surface area contributed by atoms with Crippen LogP contribution in [0.3, 0.4) is 0 Å². The summed E-state index contributed by atoms with van der Waals surface area (Å²) in [4.78, 5) is 26.1. The molecule has 1 saturated heterocycles. The number of rotatable bonds is 2. The number of anilines is 1. The van der Waals surface area contributed by atoms with Gasteiger partial charge in [0, 0.05) is 20.1 Å². The average molecular weight is 261 g/mol. The van der Waals surface area contributed by atoms with E-state index in [1.165, 1.54) is 7.05 Å². The van der Waals surface area contributed by atoms with E-state index in [1.54, 1.807) is 29.2 Å². The SMILES string of the molecule is CN(C(=O)[O-])c1ccccc1C(=O)N1CCCCC1. The smallest absolute Gasteiger partial charge is 0.255 e. The quantitative estimate of drug-likeness (QED) is 0.800. The molecule has 0 saturated carbocycles. The number of para-hydroxylation sites is 1. The highest BCUT2D eigenvalue weighted by atomic mass is 16.4. The Morgan fingerprint density at radius 1 is 1.16 bits per heavy atom. The fourth-order valence-electron chi connectivity index (χ4n) is 2.31. The third-order valence-corrected chi connectivity index (χ3v) is 3.41. The van der Waals surface area contributed by atoms with Crippen LogP contribution in [0, 0.1) is 0 Å². The Morgan fingerprint density at radius 3 is 2.42 bits per heavy atom. The molecular weight excluding hydrogens is 244 g/mol. The van der Waals surface area contributed by atoms with Crippen LogP contribution in [0.15, 0.2) is 24.3 Å². The Bertz CT molecular complexity index is 481. The van der Waals surface area contributed by atoms with E-state index >= 15 is 0 Å². The summed E-state index contributed by atoms with van der Waals surface area (Å²) in [5.74, 6) is -0.108. The Kier molecular flexibility index (Phi) is 4.04. The lowest BCUT2D eigenvalue weighted by Gasteiger charge is -2.29. The number of hydrogen-bond donors (Lipinski definition) is 0. The molecule has 1 aliphatic heterocycles. The molecule has 19 heavy (non-hydrogen) atoms. The van der Waals surface area contributed by atoms with Crippen molar-refractivity contribution in [3.8, 4) is 0 Å². The van der Waals surface area contributed by atoms with E-state index in [2.05, 4.69) is 0 Å². The summed E-state index contributed by atoms with van der Waals surface area (Å²) < 4.78 is 0. The largest absolute Gasteiger partial charge is 0.530 e. The van der Waals surface area contributed by atoms with Crippen molar-refractivity contribution in [2.45, 2.75) is 19.3 Å². The number of hydrogen-bond acceptors (Lipinski definition) is 3. The first-order valence-corrected chi connectivity index (χ1v) is 6.44. The average Bonchev–Trinajstić information content (AvgIpc) is 2.46. The molecule has 2 amide bonds. The molecule has 0 aliphatic carbocycles. The van der Waals surface area contributed by atoms with Crippen LogP contribution in [0.4, 0.5) is 10.5 Å². The summed E-state index contributed by atoms with van der Waals surface area (Å²) >= 11 is 0. The fraction of sp³-hybridized carbons (Fsp3) is 0.429. The molecule has 1 aliphatic rings. The van der Waals surface area contributed by atoms with Crippen molar-refractivity contribution in [1.29, 1.82) is 0 Å². The van der Waals surface area contributed by atoms with Gasteiger partial charge < -0.3 is 19.7 Å². The van der Waals surface area contributed by atoms with Gasteiger partial charge in [-0.3, -0.25) is 4.79 Å². The van der Waals surface area contributed by atoms with Gasteiger partial charge in [-0.1, -0.05) is 12.1 Å². The van der Waals surface area contributed by atoms with Crippen LogP contribution in [0.1, 0.15) is 29.6 Å². The van der Waals surface area contributed by atoms with Gasteiger partial charge in [-0.05, 0) is 31.4 Å². The second kappa shape index (κ2) is 5.73. The van der Waals surface area contributed by atoms with Gasteiger partial charge in [-0.15, -0.1) is 0 Å². The molecule has 1 aromatic rings. The summed E-state index contributed by atoms with van der Waals surface area (Å²) in [6, 6.07) is 6.73. The fourth-order valence-corrected chi connectivity index (χ4v) is 2.31. The molecule has 1 fully saturated rings. The van der Waals surface area contributed by atoms with Gasteiger partial charge in [0.05, 0.1) is 11.3 Å². The Balaban J connectivity index is 2.28. The molecule has 0 radical (unpaired) electrons. The van der Waals surface area contributed by atoms with E-state index in [-0.39, 0.29) is 5.91 Å². The number of amides is 2. The second-order valence-electron chi connectivity index (χ2n) is 4.69. The number of piperidine rings is 1. The third kappa shape index (κ3) is 2.86. The van der Waals surface area contributed by atoms with Crippen molar-refractivity contribution in [3.63, 3.8) is 0 Å². The number of carbonyl (C=O) groups is 2. The molecule has 0 atom stereocenters. The second-order valence-corrected chi connectivity index (χ2v) is 4.69. The van der Waals surface area contributed by atoms with E-state index < -0.39 is 6.09 Å². The van der Waals surface area contributed by atoms with E-state index in [1.807, 2.05) is 0 Å². The zero-order valence-electron chi connectivity index (χ0n) is 11.0. The predicted molar refractivity (Wildman–Crippen MR) is 70.0 cm³/mol. The normalized spacial score (nSPS) is 15.1. The third-order valence-electron chi connectivity index (χ3n) is 3.41. The van der Waals surface area contributed by atoms with Crippen LogP contribution in [0.2, 0.25) is 0 Å². The van der Waals surface area contributed by atoms with Crippen molar-refractivity contribution in [3.05, 3.63) is 29.8 Å². The molecule has 1 aromatic carbocycles. The molecule has 102 valence electrons. The van der Waals surface area contributed by atoms with Crippen molar-refractivity contribution in [2.75, 3.05) is 25.0 Å². The number of likely N-dealkylation sites (tertiary alicyclic amines) is 1. The lowest BCUT2D eigenvalue weighted by Crippen LogP contribution is -2.41. The summed E-state index contributed by atoms with van der Waals surface area (Å²) in [6.45, 7) is 1.48. The first-order valence-electron chi connectivity index (χ1n) is 6.44. The lowest BCUT2D eigenvalue weighted by atomic mass is 10.1. The Morgan fingerprint density at radius 2 is 1.79 bits per heavy atom.